The molecule has 1 aromatic carbocycles. The molecule has 0 amide bonds. The topological polar surface area (TPSA) is 42.8 Å². The molecular formula is C15H15N3. The number of nitriles is 1. The first-order chi connectivity index (χ1) is 8.88. The molecule has 3 heteroatoms. The zero-order valence-corrected chi connectivity index (χ0v) is 10.2. The minimum absolute atomic E-state index is 0.150. The summed E-state index contributed by atoms with van der Waals surface area (Å²) in [5.41, 5.74) is 3.95. The Hall–Kier alpha value is -1.79. The third-order valence-corrected chi connectivity index (χ3v) is 4.46. The van der Waals surface area contributed by atoms with Crippen LogP contribution >= 0.6 is 0 Å². The van der Waals surface area contributed by atoms with E-state index in [1.54, 1.807) is 0 Å². The van der Waals surface area contributed by atoms with Gasteiger partial charge in [-0.25, -0.2) is 0 Å². The lowest BCUT2D eigenvalue weighted by Crippen LogP contribution is -2.32. The maximum atomic E-state index is 9.31. The molecule has 1 N–H and O–H groups in total. The van der Waals surface area contributed by atoms with E-state index in [-0.39, 0.29) is 5.92 Å². The van der Waals surface area contributed by atoms with Crippen LogP contribution in [0.15, 0.2) is 24.3 Å². The van der Waals surface area contributed by atoms with Gasteiger partial charge in [0.1, 0.15) is 0 Å². The number of hydrogen-bond acceptors (Lipinski definition) is 2. The van der Waals surface area contributed by atoms with Gasteiger partial charge in [0.25, 0.3) is 0 Å². The molecule has 2 aromatic rings. The van der Waals surface area contributed by atoms with Gasteiger partial charge in [0.05, 0.1) is 18.0 Å². The van der Waals surface area contributed by atoms with E-state index in [4.69, 9.17) is 0 Å². The number of H-pyrrole nitrogens is 1. The molecule has 2 aliphatic heterocycles. The Balaban J connectivity index is 1.94. The summed E-state index contributed by atoms with van der Waals surface area (Å²) < 4.78 is 0. The van der Waals surface area contributed by atoms with Crippen molar-refractivity contribution in [1.82, 2.24) is 9.88 Å². The van der Waals surface area contributed by atoms with Gasteiger partial charge in [0.15, 0.2) is 0 Å². The molecule has 1 saturated heterocycles. The molecule has 2 atom stereocenters. The Morgan fingerprint density at radius 2 is 2.17 bits per heavy atom. The summed E-state index contributed by atoms with van der Waals surface area (Å²) in [4.78, 5) is 6.02. The van der Waals surface area contributed by atoms with Crippen molar-refractivity contribution in [2.45, 2.75) is 18.9 Å². The fraction of sp³-hybridized carbons (Fsp3) is 0.400. The molecule has 90 valence electrons. The molecule has 0 spiro atoms. The lowest BCUT2D eigenvalue weighted by Gasteiger charge is -2.30. The number of aromatic nitrogens is 1. The van der Waals surface area contributed by atoms with E-state index in [1.807, 2.05) is 0 Å². The minimum Gasteiger partial charge on any atom is -0.357 e. The standard InChI is InChI=1S/C15H15N3/c16-9-10-5-7-18-8-6-12-11-3-1-2-4-13(11)17-14(12)15(10)18/h1-4,10,15,17H,5-8H2/t10-,15+/m0/s1. The third kappa shape index (κ3) is 1.21. The summed E-state index contributed by atoms with van der Waals surface area (Å²) >= 11 is 0. The van der Waals surface area contributed by atoms with Crippen LogP contribution in [0.25, 0.3) is 10.9 Å². The second-order valence-corrected chi connectivity index (χ2v) is 5.32. The van der Waals surface area contributed by atoms with E-state index in [2.05, 4.69) is 40.2 Å². The van der Waals surface area contributed by atoms with E-state index in [9.17, 15) is 5.26 Å². The molecular weight excluding hydrogens is 222 g/mol. The second kappa shape index (κ2) is 3.60. The Morgan fingerprint density at radius 3 is 3.06 bits per heavy atom. The summed E-state index contributed by atoms with van der Waals surface area (Å²) in [6.07, 6.45) is 2.12. The van der Waals surface area contributed by atoms with Crippen molar-refractivity contribution in [3.8, 4) is 6.07 Å². The molecule has 0 saturated carbocycles. The predicted molar refractivity (Wildman–Crippen MR) is 70.0 cm³/mol. The van der Waals surface area contributed by atoms with Crippen LogP contribution in [0.5, 0.6) is 0 Å². The van der Waals surface area contributed by atoms with Crippen molar-refractivity contribution >= 4 is 10.9 Å². The molecule has 18 heavy (non-hydrogen) atoms. The molecule has 3 heterocycles. The van der Waals surface area contributed by atoms with Gasteiger partial charge in [-0.1, -0.05) is 18.2 Å². The average Bonchev–Trinajstić information content (AvgIpc) is 2.98. The molecule has 1 aromatic heterocycles. The van der Waals surface area contributed by atoms with E-state index >= 15 is 0 Å². The summed E-state index contributed by atoms with van der Waals surface area (Å²) in [6.45, 7) is 2.16. The first kappa shape index (κ1) is 10.2. The van der Waals surface area contributed by atoms with Gasteiger partial charge in [-0.05, 0) is 24.5 Å². The monoisotopic (exact) mass is 237 g/mol. The van der Waals surface area contributed by atoms with Crippen LogP contribution in [0.4, 0.5) is 0 Å². The Labute approximate surface area is 106 Å². The van der Waals surface area contributed by atoms with Gasteiger partial charge in [0.2, 0.25) is 0 Å². The van der Waals surface area contributed by atoms with Crippen LogP contribution in [0, 0.1) is 17.2 Å². The quantitative estimate of drug-likeness (QED) is 0.765. The van der Waals surface area contributed by atoms with Crippen molar-refractivity contribution in [2.75, 3.05) is 13.1 Å². The predicted octanol–water partition coefficient (Wildman–Crippen LogP) is 2.61. The normalized spacial score (nSPS) is 26.8. The van der Waals surface area contributed by atoms with Crippen LogP contribution in [-0.4, -0.2) is 23.0 Å². The molecule has 0 radical (unpaired) electrons. The largest absolute Gasteiger partial charge is 0.357 e. The first-order valence-electron chi connectivity index (χ1n) is 6.61. The Kier molecular flexibility index (Phi) is 2.03. The highest BCUT2D eigenvalue weighted by molar-refractivity contribution is 5.85. The summed E-state index contributed by atoms with van der Waals surface area (Å²) in [5.74, 6) is 0.150. The number of fused-ring (bicyclic) bond motifs is 5. The van der Waals surface area contributed by atoms with Gasteiger partial charge < -0.3 is 4.98 Å². The number of rotatable bonds is 0. The van der Waals surface area contributed by atoms with E-state index < -0.39 is 0 Å². The fourth-order valence-electron chi connectivity index (χ4n) is 3.62. The zero-order valence-electron chi connectivity index (χ0n) is 10.2. The Bertz CT molecular complexity index is 649. The van der Waals surface area contributed by atoms with Gasteiger partial charge in [0, 0.05) is 29.7 Å². The van der Waals surface area contributed by atoms with Crippen molar-refractivity contribution in [1.29, 1.82) is 5.26 Å². The molecule has 1 fully saturated rings. The fourth-order valence-corrected chi connectivity index (χ4v) is 3.62. The van der Waals surface area contributed by atoms with Crippen LogP contribution in [-0.2, 0) is 6.42 Å². The van der Waals surface area contributed by atoms with Gasteiger partial charge in [-0.2, -0.15) is 5.26 Å². The zero-order chi connectivity index (χ0) is 12.1. The average molecular weight is 237 g/mol. The molecule has 2 aliphatic rings. The highest BCUT2D eigenvalue weighted by Gasteiger charge is 2.40. The minimum atomic E-state index is 0.150. The van der Waals surface area contributed by atoms with Crippen molar-refractivity contribution < 1.29 is 0 Å². The number of aromatic amines is 1. The second-order valence-electron chi connectivity index (χ2n) is 5.32. The van der Waals surface area contributed by atoms with Gasteiger partial charge in [-0.3, -0.25) is 4.90 Å². The van der Waals surface area contributed by atoms with Crippen molar-refractivity contribution in [2.24, 2.45) is 5.92 Å². The van der Waals surface area contributed by atoms with Crippen LogP contribution in [0.3, 0.4) is 0 Å². The highest BCUT2D eigenvalue weighted by atomic mass is 15.2. The lowest BCUT2D eigenvalue weighted by molar-refractivity contribution is 0.226. The molecule has 4 rings (SSSR count). The number of para-hydroxylation sites is 1. The van der Waals surface area contributed by atoms with E-state index in [0.29, 0.717) is 6.04 Å². The van der Waals surface area contributed by atoms with E-state index in [0.717, 1.165) is 25.9 Å². The maximum absolute atomic E-state index is 9.31. The maximum Gasteiger partial charge on any atom is 0.0687 e. The SMILES string of the molecule is N#C[C@@H]1CCN2CCc3c([nH]c4ccccc34)[C@@H]12. The molecule has 0 aliphatic carbocycles. The van der Waals surface area contributed by atoms with E-state index in [1.165, 1.54) is 22.2 Å². The molecule has 0 bridgehead atoms. The smallest absolute Gasteiger partial charge is 0.0687 e. The summed E-state index contributed by atoms with van der Waals surface area (Å²) in [6, 6.07) is 11.3. The van der Waals surface area contributed by atoms with Crippen LogP contribution in [0.1, 0.15) is 23.7 Å². The van der Waals surface area contributed by atoms with Crippen molar-refractivity contribution in [3.05, 3.63) is 35.5 Å². The van der Waals surface area contributed by atoms with Crippen molar-refractivity contribution in [3.63, 3.8) is 0 Å². The van der Waals surface area contributed by atoms with Crippen LogP contribution in [0.2, 0.25) is 0 Å². The summed E-state index contributed by atoms with van der Waals surface area (Å²) in [5, 5.41) is 10.7. The van der Waals surface area contributed by atoms with Gasteiger partial charge >= 0.3 is 0 Å². The number of nitrogens with zero attached hydrogens (tertiary/aromatic N) is 2. The number of benzene rings is 1. The van der Waals surface area contributed by atoms with Gasteiger partial charge in [-0.15, -0.1) is 0 Å². The summed E-state index contributed by atoms with van der Waals surface area (Å²) in [7, 11) is 0. The third-order valence-electron chi connectivity index (χ3n) is 4.46. The van der Waals surface area contributed by atoms with Crippen LogP contribution < -0.4 is 0 Å². The molecule has 3 nitrogen and oxygen atoms in total. The number of nitrogens with one attached hydrogen (secondary N) is 1. The Morgan fingerprint density at radius 1 is 1.28 bits per heavy atom. The molecule has 0 unspecified atom stereocenters. The first-order valence-corrected chi connectivity index (χ1v) is 6.61. The number of hydrogen-bond donors (Lipinski definition) is 1. The lowest BCUT2D eigenvalue weighted by atomic mass is 9.92. The highest BCUT2D eigenvalue weighted by Crippen LogP contribution is 2.43.